The second-order valence-corrected chi connectivity index (χ2v) is 15.1. The number of piperidine rings is 1. The summed E-state index contributed by atoms with van der Waals surface area (Å²) in [4.78, 5) is 34.0. The molecule has 11 heteroatoms. The number of halogens is 2. The van der Waals surface area contributed by atoms with E-state index in [0.717, 1.165) is 11.3 Å². The molecular weight excluding hydrogens is 656 g/mol. The summed E-state index contributed by atoms with van der Waals surface area (Å²) in [5.74, 6) is -4.84. The van der Waals surface area contributed by atoms with Gasteiger partial charge >= 0.3 is 12.1 Å². The van der Waals surface area contributed by atoms with E-state index in [2.05, 4.69) is 11.7 Å². The molecule has 1 saturated heterocycles. The Bertz CT molecular complexity index is 1330. The highest BCUT2D eigenvalue weighted by Crippen LogP contribution is 2.45. The normalized spacial score (nSPS) is 33.2. The van der Waals surface area contributed by atoms with Gasteiger partial charge in [-0.25, -0.2) is 13.6 Å². The van der Waals surface area contributed by atoms with E-state index in [9.17, 15) is 28.6 Å². The van der Waals surface area contributed by atoms with Crippen molar-refractivity contribution >= 4 is 18.8 Å². The summed E-state index contributed by atoms with van der Waals surface area (Å²) < 4.78 is 41.1. The number of cyclic esters (lactones) is 1. The van der Waals surface area contributed by atoms with Crippen molar-refractivity contribution in [2.45, 2.75) is 122 Å². The predicted molar refractivity (Wildman–Crippen MR) is 198 cm³/mol. The number of nitrogens with zero attached hydrogens (tertiary/aromatic N) is 3. The molecule has 2 unspecified atom stereocenters. The minimum absolute atomic E-state index is 0.00712. The fourth-order valence-corrected chi connectivity index (χ4v) is 7.18. The molecule has 9 nitrogen and oxygen atoms in total. The van der Waals surface area contributed by atoms with Crippen LogP contribution in [0.15, 0.2) is 64.9 Å². The number of allylic oxidation sites excluding steroid dienone is 6. The van der Waals surface area contributed by atoms with Crippen LogP contribution < -0.4 is 0 Å². The van der Waals surface area contributed by atoms with Gasteiger partial charge in [-0.15, -0.1) is 0 Å². The zero-order chi connectivity index (χ0) is 37.9. The van der Waals surface area contributed by atoms with Crippen LogP contribution in [0.25, 0.3) is 0 Å². The van der Waals surface area contributed by atoms with Gasteiger partial charge in [-0.3, -0.25) is 9.79 Å². The van der Waals surface area contributed by atoms with Gasteiger partial charge in [0.25, 0.3) is 5.92 Å². The highest BCUT2D eigenvalue weighted by atomic mass is 19.3. The van der Waals surface area contributed by atoms with Crippen molar-refractivity contribution in [3.8, 4) is 0 Å². The van der Waals surface area contributed by atoms with Crippen LogP contribution in [0, 0.1) is 23.7 Å². The van der Waals surface area contributed by atoms with E-state index < -0.39 is 53.7 Å². The van der Waals surface area contributed by atoms with Gasteiger partial charge in [0.15, 0.2) is 6.10 Å². The number of likely N-dealkylation sites (tertiary alicyclic amines) is 1. The molecule has 2 aliphatic heterocycles. The molecule has 0 spiro atoms. The first-order valence-corrected chi connectivity index (χ1v) is 18.5. The summed E-state index contributed by atoms with van der Waals surface area (Å²) in [6.07, 6.45) is 13.7. The maximum atomic E-state index is 14.6. The van der Waals surface area contributed by atoms with E-state index in [1.807, 2.05) is 76.1 Å². The third-order valence-corrected chi connectivity index (χ3v) is 10.9. The highest BCUT2D eigenvalue weighted by molar-refractivity contribution is 5.70. The summed E-state index contributed by atoms with van der Waals surface area (Å²) in [5.41, 5.74) is 0.0404. The average molecular weight is 718 g/mol. The van der Waals surface area contributed by atoms with Gasteiger partial charge in [-0.2, -0.15) is 0 Å². The molecule has 0 aromatic carbocycles. The second kappa shape index (κ2) is 19.1. The monoisotopic (exact) mass is 717 g/mol. The first-order valence-electron chi connectivity index (χ1n) is 18.5. The van der Waals surface area contributed by atoms with Crippen molar-refractivity contribution in [2.24, 2.45) is 28.7 Å². The topological polar surface area (TPSA) is 112 Å². The molecule has 1 saturated carbocycles. The zero-order valence-electron chi connectivity index (χ0n) is 31.6. The van der Waals surface area contributed by atoms with Crippen molar-refractivity contribution in [3.63, 3.8) is 0 Å². The standard InChI is InChI=1S/C40H61F2N3O6/c1-9-10-14-34(43-7)27(2)12-11-13-28(3)37-29(4)15-18-35(39(6,49)22-19-33(46)25-36(47)51-37)50-38(48)45-23-20-32(21-24-45)44(8)26-31-17-16-30(5)40(31,41)42/h9-15,18,27,29-33,35,37,46,49H,7,16-17,19-26H2,1-6,8H3/b10-9-,12-11+,18-15+,28-13+,34-14-/t27-,29+,30?,31?,33-,35+,37-,39-/m1/s1. The molecule has 0 bridgehead atoms. The average Bonchev–Trinajstić information content (AvgIpc) is 3.34. The fourth-order valence-electron chi connectivity index (χ4n) is 7.18. The smallest absolute Gasteiger partial charge is 0.410 e. The Morgan fingerprint density at radius 2 is 1.86 bits per heavy atom. The van der Waals surface area contributed by atoms with Crippen LogP contribution in [0.4, 0.5) is 13.6 Å². The Balaban J connectivity index is 1.72. The molecule has 2 fully saturated rings. The first-order chi connectivity index (χ1) is 24.0. The lowest BCUT2D eigenvalue weighted by Crippen LogP contribution is -2.50. The number of ether oxygens (including phenoxy) is 2. The highest BCUT2D eigenvalue weighted by Gasteiger charge is 2.50. The van der Waals surface area contributed by atoms with Crippen LogP contribution in [-0.4, -0.2) is 101 Å². The lowest BCUT2D eigenvalue weighted by atomic mass is 9.88. The molecule has 3 rings (SSSR count). The number of amides is 1. The molecule has 0 aromatic heterocycles. The number of aliphatic imine (C=N–C) groups is 1. The Morgan fingerprint density at radius 1 is 1.18 bits per heavy atom. The number of aliphatic hydroxyl groups excluding tert-OH is 1. The van der Waals surface area contributed by atoms with Gasteiger partial charge in [-0.05, 0) is 90.8 Å². The van der Waals surface area contributed by atoms with Crippen LogP contribution in [0.2, 0.25) is 0 Å². The molecule has 1 amide bonds. The first kappa shape index (κ1) is 42.3. The van der Waals surface area contributed by atoms with Crippen molar-refractivity contribution in [2.75, 3.05) is 26.7 Å². The molecule has 0 radical (unpaired) electrons. The van der Waals surface area contributed by atoms with E-state index in [-0.39, 0.29) is 37.1 Å². The number of esters is 1. The summed E-state index contributed by atoms with van der Waals surface area (Å²) in [6, 6.07) is 0.0804. The van der Waals surface area contributed by atoms with Gasteiger partial charge in [0.1, 0.15) is 11.7 Å². The molecule has 51 heavy (non-hydrogen) atoms. The predicted octanol–water partition coefficient (Wildman–Crippen LogP) is 7.27. The maximum absolute atomic E-state index is 14.6. The van der Waals surface area contributed by atoms with E-state index in [1.165, 1.54) is 0 Å². The van der Waals surface area contributed by atoms with E-state index in [0.29, 0.717) is 45.3 Å². The quantitative estimate of drug-likeness (QED) is 0.106. The SMILES string of the molecule is C=N/C(=C\C=C/C)[C@H](C)/C=C/C=C(\C)[C@H]1OC(=O)C[C@H](O)CC[C@@](C)(O)[C@@H](OC(=O)N2CCC(N(C)CC3CCC(C)C3(F)F)CC2)/C=C/[C@@H]1C. The molecule has 3 aliphatic rings. The van der Waals surface area contributed by atoms with Crippen molar-refractivity contribution in [1.82, 2.24) is 9.80 Å². The van der Waals surface area contributed by atoms with Gasteiger partial charge in [0.2, 0.25) is 0 Å². The molecule has 2 N–H and O–H groups in total. The summed E-state index contributed by atoms with van der Waals surface area (Å²) in [5, 5.41) is 22.2. The number of rotatable bonds is 10. The van der Waals surface area contributed by atoms with Crippen molar-refractivity contribution < 1.29 is 38.1 Å². The number of hydrogen-bond acceptors (Lipinski definition) is 8. The van der Waals surface area contributed by atoms with Crippen LogP contribution in [-0.2, 0) is 14.3 Å². The fraction of sp³-hybridized carbons (Fsp3) is 0.675. The Kier molecular flexibility index (Phi) is 15.8. The van der Waals surface area contributed by atoms with Crippen LogP contribution in [0.3, 0.4) is 0 Å². The summed E-state index contributed by atoms with van der Waals surface area (Å²) in [7, 11) is 1.89. The van der Waals surface area contributed by atoms with E-state index >= 15 is 0 Å². The van der Waals surface area contributed by atoms with Gasteiger partial charge in [0, 0.05) is 55.0 Å². The largest absolute Gasteiger partial charge is 0.457 e. The van der Waals surface area contributed by atoms with Gasteiger partial charge < -0.3 is 29.5 Å². The Labute approximate surface area is 303 Å². The Morgan fingerprint density at radius 3 is 2.47 bits per heavy atom. The van der Waals surface area contributed by atoms with Gasteiger partial charge in [-0.1, -0.05) is 57.2 Å². The number of carbonyl (C=O) groups is 2. The second-order valence-electron chi connectivity index (χ2n) is 15.1. The zero-order valence-corrected chi connectivity index (χ0v) is 31.6. The summed E-state index contributed by atoms with van der Waals surface area (Å²) in [6.45, 7) is 15.6. The number of hydrogen-bond donors (Lipinski definition) is 2. The Hall–Kier alpha value is -3.15. The van der Waals surface area contributed by atoms with E-state index in [4.69, 9.17) is 9.47 Å². The molecule has 0 aromatic rings. The minimum Gasteiger partial charge on any atom is -0.457 e. The van der Waals surface area contributed by atoms with Crippen LogP contribution in [0.5, 0.6) is 0 Å². The minimum atomic E-state index is -2.66. The lowest BCUT2D eigenvalue weighted by molar-refractivity contribution is -0.151. The maximum Gasteiger partial charge on any atom is 0.410 e. The van der Waals surface area contributed by atoms with Crippen molar-refractivity contribution in [1.29, 1.82) is 0 Å². The summed E-state index contributed by atoms with van der Waals surface area (Å²) >= 11 is 0. The number of carbonyl (C=O) groups excluding carboxylic acids is 2. The molecule has 1 aliphatic carbocycles. The third kappa shape index (κ3) is 11.9. The van der Waals surface area contributed by atoms with E-state index in [1.54, 1.807) is 30.9 Å². The molecule has 8 atom stereocenters. The lowest BCUT2D eigenvalue weighted by Gasteiger charge is -2.39. The number of alkyl halides is 2. The molecule has 2 heterocycles. The van der Waals surface area contributed by atoms with Crippen LogP contribution in [0.1, 0.15) is 86.5 Å². The molecular formula is C40H61F2N3O6. The van der Waals surface area contributed by atoms with Gasteiger partial charge in [0.05, 0.1) is 12.5 Å². The van der Waals surface area contributed by atoms with Crippen LogP contribution >= 0.6 is 0 Å². The van der Waals surface area contributed by atoms with Crippen molar-refractivity contribution in [3.05, 3.63) is 59.9 Å². The molecule has 286 valence electrons. The number of aliphatic hydroxyl groups is 2. The third-order valence-electron chi connectivity index (χ3n) is 10.9.